The molecule has 2 aliphatic rings. The maximum Gasteiger partial charge on any atom is 0.228 e. The van der Waals surface area contributed by atoms with Gasteiger partial charge in [0.1, 0.15) is 0 Å². The van der Waals surface area contributed by atoms with Gasteiger partial charge in [0.25, 0.3) is 0 Å². The summed E-state index contributed by atoms with van der Waals surface area (Å²) in [6, 6.07) is 0.268. The Morgan fingerprint density at radius 1 is 1.50 bits per heavy atom. The second kappa shape index (κ2) is 5.15. The number of nitrogens with zero attached hydrogens (tertiary/aromatic N) is 1. The number of hydrogen-bond acceptors (Lipinski definition) is 3. The fourth-order valence-corrected chi connectivity index (χ4v) is 2.58. The Labute approximate surface area is 97.1 Å². The van der Waals surface area contributed by atoms with Crippen molar-refractivity contribution in [3.05, 3.63) is 0 Å². The molecule has 0 radical (unpaired) electrons. The molecule has 0 bridgehead atoms. The average molecular weight is 226 g/mol. The van der Waals surface area contributed by atoms with E-state index in [0.29, 0.717) is 13.2 Å². The molecule has 92 valence electrons. The molecule has 0 aromatic rings. The summed E-state index contributed by atoms with van der Waals surface area (Å²) in [6.07, 6.45) is 4.46. The Hall–Kier alpha value is -0.610. The van der Waals surface area contributed by atoms with Crippen LogP contribution in [0.25, 0.3) is 0 Å². The topological polar surface area (TPSA) is 55.6 Å². The third-order valence-corrected chi connectivity index (χ3v) is 3.61. The lowest BCUT2D eigenvalue weighted by atomic mass is 10.0. The van der Waals surface area contributed by atoms with Crippen LogP contribution in [0.15, 0.2) is 0 Å². The van der Waals surface area contributed by atoms with Crippen molar-refractivity contribution in [3.63, 3.8) is 0 Å². The van der Waals surface area contributed by atoms with Crippen molar-refractivity contribution in [2.75, 3.05) is 19.7 Å². The standard InChI is InChI=1S/C12H22N2O2/c1-2-16-11-7-10(11)12(15)14-6-4-3-5-9(14)8-13/h9-11H,2-8,13H2,1H3. The number of hydrogen-bond donors (Lipinski definition) is 1. The zero-order chi connectivity index (χ0) is 11.5. The molecule has 1 saturated carbocycles. The fraction of sp³-hybridized carbons (Fsp3) is 0.917. The molecule has 0 aromatic heterocycles. The van der Waals surface area contributed by atoms with E-state index in [1.807, 2.05) is 11.8 Å². The first-order valence-electron chi connectivity index (χ1n) is 6.40. The SMILES string of the molecule is CCOC1CC1C(=O)N1CCCCC1CN. The minimum Gasteiger partial charge on any atom is -0.378 e. The van der Waals surface area contributed by atoms with Crippen LogP contribution >= 0.6 is 0 Å². The van der Waals surface area contributed by atoms with Gasteiger partial charge in [-0.2, -0.15) is 0 Å². The first kappa shape index (κ1) is 11.9. The summed E-state index contributed by atoms with van der Waals surface area (Å²) in [7, 11) is 0. The number of nitrogens with two attached hydrogens (primary N) is 1. The van der Waals surface area contributed by atoms with Crippen molar-refractivity contribution < 1.29 is 9.53 Å². The molecule has 4 nitrogen and oxygen atoms in total. The molecule has 2 N–H and O–H groups in total. The van der Waals surface area contributed by atoms with Crippen LogP contribution in [0.5, 0.6) is 0 Å². The van der Waals surface area contributed by atoms with Gasteiger partial charge in [0.2, 0.25) is 5.91 Å². The van der Waals surface area contributed by atoms with Gasteiger partial charge in [-0.05, 0) is 32.6 Å². The number of carbonyl (C=O) groups is 1. The molecule has 0 aromatic carbocycles. The number of carbonyl (C=O) groups excluding carboxylic acids is 1. The molecule has 1 amide bonds. The average Bonchev–Trinajstić information content (AvgIpc) is 3.08. The highest BCUT2D eigenvalue weighted by atomic mass is 16.5. The van der Waals surface area contributed by atoms with E-state index < -0.39 is 0 Å². The van der Waals surface area contributed by atoms with Crippen LogP contribution in [-0.4, -0.2) is 42.6 Å². The maximum atomic E-state index is 12.2. The summed E-state index contributed by atoms with van der Waals surface area (Å²) in [5.41, 5.74) is 5.72. The quantitative estimate of drug-likeness (QED) is 0.769. The Morgan fingerprint density at radius 2 is 2.31 bits per heavy atom. The largest absolute Gasteiger partial charge is 0.378 e. The van der Waals surface area contributed by atoms with Crippen molar-refractivity contribution in [3.8, 4) is 0 Å². The van der Waals surface area contributed by atoms with Crippen LogP contribution in [0, 0.1) is 5.92 Å². The van der Waals surface area contributed by atoms with Gasteiger partial charge in [-0.15, -0.1) is 0 Å². The molecule has 4 heteroatoms. The van der Waals surface area contributed by atoms with Gasteiger partial charge in [-0.3, -0.25) is 4.79 Å². The Kier molecular flexibility index (Phi) is 3.82. The van der Waals surface area contributed by atoms with Gasteiger partial charge in [0, 0.05) is 25.7 Å². The molecule has 1 aliphatic carbocycles. The lowest BCUT2D eigenvalue weighted by Crippen LogP contribution is -2.48. The molecule has 1 aliphatic heterocycles. The second-order valence-corrected chi connectivity index (χ2v) is 4.75. The predicted molar refractivity (Wildman–Crippen MR) is 61.9 cm³/mol. The molecular formula is C12H22N2O2. The van der Waals surface area contributed by atoms with Crippen LogP contribution in [-0.2, 0) is 9.53 Å². The zero-order valence-corrected chi connectivity index (χ0v) is 10.0. The Morgan fingerprint density at radius 3 is 3.00 bits per heavy atom. The van der Waals surface area contributed by atoms with Crippen molar-refractivity contribution >= 4 is 5.91 Å². The summed E-state index contributed by atoms with van der Waals surface area (Å²) < 4.78 is 5.47. The van der Waals surface area contributed by atoms with Crippen LogP contribution in [0.3, 0.4) is 0 Å². The third-order valence-electron chi connectivity index (χ3n) is 3.61. The van der Waals surface area contributed by atoms with Crippen molar-refractivity contribution in [2.24, 2.45) is 11.7 Å². The lowest BCUT2D eigenvalue weighted by Gasteiger charge is -2.35. The Balaban J connectivity index is 1.88. The van der Waals surface area contributed by atoms with E-state index in [0.717, 1.165) is 25.8 Å². The summed E-state index contributed by atoms with van der Waals surface area (Å²) in [5.74, 6) is 0.390. The van der Waals surface area contributed by atoms with E-state index in [9.17, 15) is 4.79 Å². The highest BCUT2D eigenvalue weighted by molar-refractivity contribution is 5.82. The summed E-state index contributed by atoms with van der Waals surface area (Å²) in [6.45, 7) is 4.16. The van der Waals surface area contributed by atoms with Crippen LogP contribution in [0.2, 0.25) is 0 Å². The predicted octanol–water partition coefficient (Wildman–Crippen LogP) is 0.751. The van der Waals surface area contributed by atoms with Gasteiger partial charge in [0.05, 0.1) is 12.0 Å². The Bertz CT molecular complexity index is 257. The molecule has 1 saturated heterocycles. The summed E-state index contributed by atoms with van der Waals surface area (Å²) in [4.78, 5) is 14.2. The molecule has 3 atom stereocenters. The number of likely N-dealkylation sites (tertiary alicyclic amines) is 1. The van der Waals surface area contributed by atoms with Crippen LogP contribution < -0.4 is 5.73 Å². The second-order valence-electron chi connectivity index (χ2n) is 4.75. The number of piperidine rings is 1. The van der Waals surface area contributed by atoms with Crippen molar-refractivity contribution in [2.45, 2.75) is 44.8 Å². The van der Waals surface area contributed by atoms with Crippen molar-refractivity contribution in [1.29, 1.82) is 0 Å². The minimum absolute atomic E-state index is 0.118. The van der Waals surface area contributed by atoms with Crippen LogP contribution in [0.1, 0.15) is 32.6 Å². The van der Waals surface area contributed by atoms with E-state index >= 15 is 0 Å². The van der Waals surface area contributed by atoms with E-state index in [1.54, 1.807) is 0 Å². The minimum atomic E-state index is 0.118. The number of amides is 1. The van der Waals surface area contributed by atoms with E-state index in [1.165, 1.54) is 6.42 Å². The van der Waals surface area contributed by atoms with E-state index in [-0.39, 0.29) is 24.0 Å². The maximum absolute atomic E-state index is 12.2. The summed E-state index contributed by atoms with van der Waals surface area (Å²) in [5, 5.41) is 0. The monoisotopic (exact) mass is 226 g/mol. The molecule has 1 heterocycles. The normalized spacial score (nSPS) is 33.9. The molecular weight excluding hydrogens is 204 g/mol. The first-order chi connectivity index (χ1) is 7.77. The van der Waals surface area contributed by atoms with Gasteiger partial charge in [-0.1, -0.05) is 0 Å². The molecule has 16 heavy (non-hydrogen) atoms. The fourth-order valence-electron chi connectivity index (χ4n) is 2.58. The zero-order valence-electron chi connectivity index (χ0n) is 10.0. The smallest absolute Gasteiger partial charge is 0.228 e. The van der Waals surface area contributed by atoms with E-state index in [4.69, 9.17) is 10.5 Å². The highest BCUT2D eigenvalue weighted by Crippen LogP contribution is 2.36. The first-order valence-corrected chi connectivity index (χ1v) is 6.40. The van der Waals surface area contributed by atoms with Gasteiger partial charge >= 0.3 is 0 Å². The highest BCUT2D eigenvalue weighted by Gasteiger charge is 2.47. The molecule has 2 fully saturated rings. The van der Waals surface area contributed by atoms with E-state index in [2.05, 4.69) is 0 Å². The van der Waals surface area contributed by atoms with Gasteiger partial charge in [0.15, 0.2) is 0 Å². The van der Waals surface area contributed by atoms with Crippen LogP contribution in [0.4, 0.5) is 0 Å². The van der Waals surface area contributed by atoms with Gasteiger partial charge < -0.3 is 15.4 Å². The molecule has 3 unspecified atom stereocenters. The number of ether oxygens (including phenoxy) is 1. The molecule has 2 rings (SSSR count). The number of rotatable bonds is 4. The lowest BCUT2D eigenvalue weighted by molar-refractivity contribution is -0.137. The third kappa shape index (κ3) is 2.38. The summed E-state index contributed by atoms with van der Waals surface area (Å²) >= 11 is 0. The van der Waals surface area contributed by atoms with Crippen molar-refractivity contribution in [1.82, 2.24) is 4.90 Å². The molecule has 0 spiro atoms. The van der Waals surface area contributed by atoms with Gasteiger partial charge in [-0.25, -0.2) is 0 Å².